The Morgan fingerprint density at radius 3 is 2.61 bits per heavy atom. The number of hydrogen-bond acceptors (Lipinski definition) is 2. The zero-order valence-electron chi connectivity index (χ0n) is 16.0. The fourth-order valence-corrected chi connectivity index (χ4v) is 3.88. The van der Waals surface area contributed by atoms with Gasteiger partial charge in [-0.15, -0.1) is 12.3 Å². The van der Waals surface area contributed by atoms with Crippen LogP contribution in [0.4, 0.5) is 0 Å². The van der Waals surface area contributed by atoms with Crippen molar-refractivity contribution < 1.29 is 4.79 Å². The van der Waals surface area contributed by atoms with E-state index >= 15 is 0 Å². The molecule has 0 atom stereocenters. The van der Waals surface area contributed by atoms with Crippen LogP contribution in [-0.2, 0) is 6.54 Å². The maximum Gasteiger partial charge on any atom is 0.232 e. The van der Waals surface area contributed by atoms with Crippen molar-refractivity contribution in [3.63, 3.8) is 0 Å². The van der Waals surface area contributed by atoms with Crippen LogP contribution in [0.2, 0.25) is 0 Å². The molecule has 28 heavy (non-hydrogen) atoms. The maximum atomic E-state index is 12.6. The second-order valence-electron chi connectivity index (χ2n) is 7.23. The van der Waals surface area contributed by atoms with E-state index in [-0.39, 0.29) is 5.91 Å². The molecule has 0 fully saturated rings. The molecule has 0 spiro atoms. The number of aromatic nitrogens is 1. The lowest BCUT2D eigenvalue weighted by Crippen LogP contribution is -2.27. The van der Waals surface area contributed by atoms with Gasteiger partial charge in [0.25, 0.3) is 0 Å². The fraction of sp³-hybridized carbons (Fsp3) is 0.240. The minimum Gasteiger partial charge on any atom is -0.295 e. The molecule has 3 nitrogen and oxygen atoms in total. The van der Waals surface area contributed by atoms with Crippen molar-refractivity contribution in [3.8, 4) is 12.3 Å². The Bertz CT molecular complexity index is 1050. The highest BCUT2D eigenvalue weighted by molar-refractivity contribution is 5.99. The summed E-state index contributed by atoms with van der Waals surface area (Å²) in [7, 11) is 0. The largest absolute Gasteiger partial charge is 0.295 e. The first kappa shape index (κ1) is 18.3. The zero-order chi connectivity index (χ0) is 19.3. The van der Waals surface area contributed by atoms with Gasteiger partial charge in [-0.05, 0) is 23.6 Å². The number of fused-ring (bicyclic) bond motifs is 1. The van der Waals surface area contributed by atoms with E-state index in [1.807, 2.05) is 24.4 Å². The van der Waals surface area contributed by atoms with Gasteiger partial charge in [-0.1, -0.05) is 54.6 Å². The maximum absolute atomic E-state index is 12.6. The quantitative estimate of drug-likeness (QED) is 0.593. The van der Waals surface area contributed by atoms with Crippen molar-refractivity contribution in [3.05, 3.63) is 78.0 Å². The van der Waals surface area contributed by atoms with Crippen molar-refractivity contribution in [2.45, 2.75) is 25.8 Å². The van der Waals surface area contributed by atoms with Gasteiger partial charge < -0.3 is 0 Å². The van der Waals surface area contributed by atoms with Crippen molar-refractivity contribution in [1.82, 2.24) is 9.47 Å². The number of hydrogen-bond donors (Lipinski definition) is 0. The highest BCUT2D eigenvalue weighted by atomic mass is 16.2. The number of nitrogens with zero attached hydrogens (tertiary/aromatic N) is 2. The molecular weight excluding hydrogens is 344 g/mol. The summed E-state index contributed by atoms with van der Waals surface area (Å²) in [4.78, 5) is 15.1. The Morgan fingerprint density at radius 2 is 1.86 bits per heavy atom. The van der Waals surface area contributed by atoms with E-state index in [0.717, 1.165) is 37.0 Å². The molecule has 2 aromatic carbocycles. The monoisotopic (exact) mass is 368 g/mol. The number of carbonyl (C=O) groups is 1. The van der Waals surface area contributed by atoms with Crippen molar-refractivity contribution in [1.29, 1.82) is 0 Å². The predicted octanol–water partition coefficient (Wildman–Crippen LogP) is 4.98. The number of rotatable bonds is 5. The summed E-state index contributed by atoms with van der Waals surface area (Å²) in [6.07, 6.45) is 11.5. The lowest BCUT2D eigenvalue weighted by atomic mass is 9.98. The van der Waals surface area contributed by atoms with E-state index in [0.29, 0.717) is 12.8 Å². The molecule has 3 aromatic rings. The first-order valence-corrected chi connectivity index (χ1v) is 9.78. The number of carbonyl (C=O) groups excluding carboxylic acids is 1. The van der Waals surface area contributed by atoms with Crippen LogP contribution in [0, 0.1) is 12.3 Å². The van der Waals surface area contributed by atoms with E-state index < -0.39 is 0 Å². The van der Waals surface area contributed by atoms with Gasteiger partial charge in [-0.2, -0.15) is 0 Å². The van der Waals surface area contributed by atoms with Gasteiger partial charge in [-0.3, -0.25) is 14.3 Å². The molecule has 0 unspecified atom stereocenters. The van der Waals surface area contributed by atoms with Crippen LogP contribution >= 0.6 is 0 Å². The normalized spacial score (nSPS) is 14.6. The Morgan fingerprint density at radius 1 is 1.07 bits per heavy atom. The van der Waals surface area contributed by atoms with Crippen molar-refractivity contribution >= 4 is 22.4 Å². The molecule has 3 heteroatoms. The summed E-state index contributed by atoms with van der Waals surface area (Å²) in [5.74, 6) is 2.62. The van der Waals surface area contributed by atoms with Crippen molar-refractivity contribution in [2.75, 3.05) is 13.1 Å². The standard InChI is InChI=1S/C25H24N2O/c1-2-3-13-25(28)27-19-23(22-11-7-8-12-24(22)27)21-14-16-26(17-15-21)18-20-9-5-4-6-10-20/h1,4-12,14,19H,3,13,15-18H2. The Balaban J connectivity index is 1.58. The molecule has 0 saturated carbocycles. The van der Waals surface area contributed by atoms with E-state index in [9.17, 15) is 4.79 Å². The summed E-state index contributed by atoms with van der Waals surface area (Å²) < 4.78 is 1.78. The first-order valence-electron chi connectivity index (χ1n) is 9.78. The Kier molecular flexibility index (Phi) is 5.41. The SMILES string of the molecule is C#CCCC(=O)n1cc(C2=CCN(Cc3ccccc3)CC2)c2ccccc21. The molecule has 1 aliphatic heterocycles. The first-order chi connectivity index (χ1) is 13.8. The molecule has 4 rings (SSSR count). The van der Waals surface area contributed by atoms with Crippen LogP contribution in [0.3, 0.4) is 0 Å². The average molecular weight is 368 g/mol. The van der Waals surface area contributed by atoms with Crippen LogP contribution in [0.1, 0.15) is 35.2 Å². The molecule has 2 heterocycles. The third kappa shape index (κ3) is 3.78. The second kappa shape index (κ2) is 8.29. The molecule has 0 bridgehead atoms. The van der Waals surface area contributed by atoms with Crippen LogP contribution in [0.5, 0.6) is 0 Å². The summed E-state index contributed by atoms with van der Waals surface area (Å²) in [5, 5.41) is 1.14. The van der Waals surface area contributed by atoms with Gasteiger partial charge in [0.05, 0.1) is 5.52 Å². The van der Waals surface area contributed by atoms with Gasteiger partial charge in [0, 0.05) is 49.6 Å². The van der Waals surface area contributed by atoms with Crippen LogP contribution in [0.15, 0.2) is 66.9 Å². The topological polar surface area (TPSA) is 25.2 Å². The molecule has 0 amide bonds. The summed E-state index contributed by atoms with van der Waals surface area (Å²) in [6.45, 7) is 2.91. The molecule has 140 valence electrons. The van der Waals surface area contributed by atoms with E-state index in [2.05, 4.69) is 53.3 Å². The number of terminal acetylenes is 1. The minimum absolute atomic E-state index is 0.0579. The van der Waals surface area contributed by atoms with Crippen LogP contribution in [0.25, 0.3) is 16.5 Å². The molecule has 0 saturated heterocycles. The summed E-state index contributed by atoms with van der Waals surface area (Å²) >= 11 is 0. The van der Waals surface area contributed by atoms with Crippen LogP contribution < -0.4 is 0 Å². The summed E-state index contributed by atoms with van der Waals surface area (Å²) in [5.41, 5.74) is 4.80. The van der Waals surface area contributed by atoms with Crippen LogP contribution in [-0.4, -0.2) is 28.5 Å². The molecule has 0 aliphatic carbocycles. The average Bonchev–Trinajstić information content (AvgIpc) is 3.13. The van der Waals surface area contributed by atoms with Gasteiger partial charge in [0.2, 0.25) is 5.91 Å². The Hall–Kier alpha value is -3.09. The lowest BCUT2D eigenvalue weighted by molar-refractivity contribution is 0.0910. The van der Waals surface area contributed by atoms with E-state index in [1.54, 1.807) is 4.57 Å². The predicted molar refractivity (Wildman–Crippen MR) is 115 cm³/mol. The van der Waals surface area contributed by atoms with E-state index in [4.69, 9.17) is 6.42 Å². The zero-order valence-corrected chi connectivity index (χ0v) is 16.0. The highest BCUT2D eigenvalue weighted by Crippen LogP contribution is 2.31. The fourth-order valence-electron chi connectivity index (χ4n) is 3.88. The third-order valence-electron chi connectivity index (χ3n) is 5.35. The molecule has 0 radical (unpaired) electrons. The number of benzene rings is 2. The second-order valence-corrected chi connectivity index (χ2v) is 7.23. The van der Waals surface area contributed by atoms with Gasteiger partial charge in [0.1, 0.15) is 0 Å². The Labute approximate surface area is 166 Å². The summed E-state index contributed by atoms with van der Waals surface area (Å²) in [6, 6.07) is 18.7. The third-order valence-corrected chi connectivity index (χ3v) is 5.35. The molecule has 1 aliphatic rings. The van der Waals surface area contributed by atoms with Gasteiger partial charge >= 0.3 is 0 Å². The van der Waals surface area contributed by atoms with Gasteiger partial charge in [0.15, 0.2) is 0 Å². The lowest BCUT2D eigenvalue weighted by Gasteiger charge is -2.26. The highest BCUT2D eigenvalue weighted by Gasteiger charge is 2.19. The van der Waals surface area contributed by atoms with E-state index in [1.165, 1.54) is 16.7 Å². The van der Waals surface area contributed by atoms with Gasteiger partial charge in [-0.25, -0.2) is 0 Å². The van der Waals surface area contributed by atoms with Crippen molar-refractivity contribution in [2.24, 2.45) is 0 Å². The molecule has 0 N–H and O–H groups in total. The minimum atomic E-state index is 0.0579. The molecule has 1 aromatic heterocycles. The number of para-hydroxylation sites is 1. The molecular formula is C25H24N2O. The smallest absolute Gasteiger partial charge is 0.232 e.